The Kier molecular flexibility index (Phi) is 45.4. The first-order valence-corrected chi connectivity index (χ1v) is 25.0. The van der Waals surface area contributed by atoms with Crippen LogP contribution in [-0.4, -0.2) is 37.2 Å². The number of carbonyl (C=O) groups excluding carboxylic acids is 3. The Bertz CT molecular complexity index is 984. The molecule has 1 atom stereocenters. The van der Waals surface area contributed by atoms with Crippen molar-refractivity contribution in [1.82, 2.24) is 0 Å². The summed E-state index contributed by atoms with van der Waals surface area (Å²) in [4.78, 5) is 37.8. The summed E-state index contributed by atoms with van der Waals surface area (Å²) in [7, 11) is 0. The third-order valence-corrected chi connectivity index (χ3v) is 10.9. The van der Waals surface area contributed by atoms with E-state index in [9.17, 15) is 14.4 Å². The van der Waals surface area contributed by atoms with Gasteiger partial charge >= 0.3 is 17.9 Å². The standard InChI is InChI=1S/C52H94O6/c1-4-7-10-13-16-19-22-24-25-26-27-29-30-33-36-39-42-45-51(54)57-48-49(47-56-50(53)44-41-38-35-32-21-18-15-12-9-6-3)58-52(55)46-43-40-37-34-31-28-23-20-17-14-11-8-5-2/h24-25,27,29,33,36,49H,4-23,26,28,30-32,34-35,37-48H2,1-3H3/b25-24-,29-27-,36-33-. The van der Waals surface area contributed by atoms with Crippen molar-refractivity contribution < 1.29 is 28.6 Å². The average Bonchev–Trinajstić information content (AvgIpc) is 3.22. The Balaban J connectivity index is 4.40. The van der Waals surface area contributed by atoms with Crippen LogP contribution in [0, 0.1) is 0 Å². The van der Waals surface area contributed by atoms with Crippen molar-refractivity contribution in [1.29, 1.82) is 0 Å². The first-order chi connectivity index (χ1) is 28.5. The number of allylic oxidation sites excluding steroid dienone is 6. The first kappa shape index (κ1) is 55.6. The molecule has 0 aromatic heterocycles. The van der Waals surface area contributed by atoms with Crippen molar-refractivity contribution in [2.75, 3.05) is 13.2 Å². The highest BCUT2D eigenvalue weighted by Crippen LogP contribution is 2.15. The zero-order valence-corrected chi connectivity index (χ0v) is 38.6. The van der Waals surface area contributed by atoms with Gasteiger partial charge in [-0.3, -0.25) is 14.4 Å². The molecule has 338 valence electrons. The molecule has 0 aromatic rings. The van der Waals surface area contributed by atoms with Gasteiger partial charge in [-0.05, 0) is 51.4 Å². The van der Waals surface area contributed by atoms with Gasteiger partial charge in [-0.25, -0.2) is 0 Å². The van der Waals surface area contributed by atoms with Crippen LogP contribution < -0.4 is 0 Å². The van der Waals surface area contributed by atoms with Crippen LogP contribution in [0.2, 0.25) is 0 Å². The van der Waals surface area contributed by atoms with Gasteiger partial charge in [-0.15, -0.1) is 0 Å². The van der Waals surface area contributed by atoms with Crippen molar-refractivity contribution in [3.8, 4) is 0 Å². The molecule has 0 aliphatic rings. The van der Waals surface area contributed by atoms with E-state index >= 15 is 0 Å². The van der Waals surface area contributed by atoms with Crippen molar-refractivity contribution >= 4 is 17.9 Å². The molecule has 6 heteroatoms. The van der Waals surface area contributed by atoms with Crippen LogP contribution in [0.1, 0.15) is 258 Å². The summed E-state index contributed by atoms with van der Waals surface area (Å²) < 4.78 is 16.7. The maximum absolute atomic E-state index is 12.7. The number of esters is 3. The average molecular weight is 815 g/mol. The lowest BCUT2D eigenvalue weighted by molar-refractivity contribution is -0.167. The van der Waals surface area contributed by atoms with Gasteiger partial charge in [0.15, 0.2) is 6.10 Å². The van der Waals surface area contributed by atoms with Crippen molar-refractivity contribution in [2.45, 2.75) is 264 Å². The Morgan fingerprint density at radius 2 is 0.638 bits per heavy atom. The predicted octanol–water partition coefficient (Wildman–Crippen LogP) is 16.1. The van der Waals surface area contributed by atoms with Crippen LogP contribution in [0.3, 0.4) is 0 Å². The fourth-order valence-electron chi connectivity index (χ4n) is 7.11. The second kappa shape index (κ2) is 47.3. The van der Waals surface area contributed by atoms with Gasteiger partial charge in [0.1, 0.15) is 13.2 Å². The van der Waals surface area contributed by atoms with Gasteiger partial charge in [-0.1, -0.05) is 224 Å². The largest absolute Gasteiger partial charge is 0.462 e. The van der Waals surface area contributed by atoms with Gasteiger partial charge in [0.25, 0.3) is 0 Å². The van der Waals surface area contributed by atoms with Crippen LogP contribution in [0.5, 0.6) is 0 Å². The van der Waals surface area contributed by atoms with E-state index in [-0.39, 0.29) is 31.1 Å². The zero-order chi connectivity index (χ0) is 42.3. The molecule has 0 rings (SSSR count). The van der Waals surface area contributed by atoms with Gasteiger partial charge in [0.05, 0.1) is 0 Å². The second-order valence-corrected chi connectivity index (χ2v) is 16.7. The lowest BCUT2D eigenvalue weighted by atomic mass is 10.0. The molecule has 6 nitrogen and oxygen atoms in total. The summed E-state index contributed by atoms with van der Waals surface area (Å²) in [5.74, 6) is -0.932. The Morgan fingerprint density at radius 1 is 0.345 bits per heavy atom. The van der Waals surface area contributed by atoms with E-state index in [1.54, 1.807) is 0 Å². The van der Waals surface area contributed by atoms with Gasteiger partial charge < -0.3 is 14.2 Å². The minimum Gasteiger partial charge on any atom is -0.462 e. The molecule has 0 saturated carbocycles. The molecular weight excluding hydrogens is 721 g/mol. The van der Waals surface area contributed by atoms with Gasteiger partial charge in [0, 0.05) is 19.3 Å². The van der Waals surface area contributed by atoms with Crippen LogP contribution in [0.4, 0.5) is 0 Å². The molecule has 0 aromatic carbocycles. The van der Waals surface area contributed by atoms with E-state index in [0.29, 0.717) is 25.7 Å². The SMILES string of the molecule is CCCCCCCC/C=C\C/C=C\C/C=C\CCCC(=O)OCC(COC(=O)CCCCCCCCCCCC)OC(=O)CCCCCCCCCCCCCCC. The number of carbonyl (C=O) groups is 3. The quantitative estimate of drug-likeness (QED) is 0.0264. The highest BCUT2D eigenvalue weighted by molar-refractivity contribution is 5.71. The summed E-state index contributed by atoms with van der Waals surface area (Å²) in [6.07, 6.45) is 54.2. The topological polar surface area (TPSA) is 78.9 Å². The summed E-state index contributed by atoms with van der Waals surface area (Å²) in [5, 5.41) is 0. The molecule has 0 fully saturated rings. The lowest BCUT2D eigenvalue weighted by Crippen LogP contribution is -2.30. The molecule has 0 aliphatic heterocycles. The smallest absolute Gasteiger partial charge is 0.306 e. The highest BCUT2D eigenvalue weighted by atomic mass is 16.6. The molecule has 0 radical (unpaired) electrons. The van der Waals surface area contributed by atoms with Gasteiger partial charge in [-0.2, -0.15) is 0 Å². The normalized spacial score (nSPS) is 12.3. The minimum absolute atomic E-state index is 0.0839. The van der Waals surface area contributed by atoms with E-state index in [0.717, 1.165) is 57.8 Å². The second-order valence-electron chi connectivity index (χ2n) is 16.7. The zero-order valence-electron chi connectivity index (χ0n) is 38.6. The highest BCUT2D eigenvalue weighted by Gasteiger charge is 2.19. The Hall–Kier alpha value is -2.37. The van der Waals surface area contributed by atoms with Crippen LogP contribution in [0.15, 0.2) is 36.5 Å². The Morgan fingerprint density at radius 3 is 1.03 bits per heavy atom. The third kappa shape index (κ3) is 44.7. The summed E-state index contributed by atoms with van der Waals surface area (Å²) in [6, 6.07) is 0. The maximum atomic E-state index is 12.7. The predicted molar refractivity (Wildman–Crippen MR) is 247 cm³/mol. The number of unbranched alkanes of at least 4 members (excludes halogenated alkanes) is 28. The van der Waals surface area contributed by atoms with Gasteiger partial charge in [0.2, 0.25) is 0 Å². The minimum atomic E-state index is -0.785. The van der Waals surface area contributed by atoms with Crippen molar-refractivity contribution in [2.24, 2.45) is 0 Å². The van der Waals surface area contributed by atoms with Crippen LogP contribution in [-0.2, 0) is 28.6 Å². The summed E-state index contributed by atoms with van der Waals surface area (Å²) in [5.41, 5.74) is 0. The monoisotopic (exact) mass is 815 g/mol. The van der Waals surface area contributed by atoms with Crippen molar-refractivity contribution in [3.63, 3.8) is 0 Å². The molecular formula is C52H94O6. The van der Waals surface area contributed by atoms with E-state index in [1.807, 2.05) is 0 Å². The molecule has 0 saturated heterocycles. The lowest BCUT2D eigenvalue weighted by Gasteiger charge is -2.18. The fourth-order valence-corrected chi connectivity index (χ4v) is 7.11. The Labute approximate surface area is 359 Å². The maximum Gasteiger partial charge on any atom is 0.306 e. The van der Waals surface area contributed by atoms with E-state index in [2.05, 4.69) is 57.2 Å². The summed E-state index contributed by atoms with van der Waals surface area (Å²) >= 11 is 0. The van der Waals surface area contributed by atoms with E-state index in [4.69, 9.17) is 14.2 Å². The van der Waals surface area contributed by atoms with Crippen molar-refractivity contribution in [3.05, 3.63) is 36.5 Å². The number of hydrogen-bond acceptors (Lipinski definition) is 6. The number of hydrogen-bond donors (Lipinski definition) is 0. The van der Waals surface area contributed by atoms with Crippen LogP contribution in [0.25, 0.3) is 0 Å². The molecule has 0 heterocycles. The molecule has 0 aliphatic carbocycles. The molecule has 0 amide bonds. The molecule has 0 spiro atoms. The van der Waals surface area contributed by atoms with E-state index < -0.39 is 6.10 Å². The number of rotatable bonds is 45. The molecule has 1 unspecified atom stereocenters. The van der Waals surface area contributed by atoms with Crippen LogP contribution >= 0.6 is 0 Å². The first-order valence-electron chi connectivity index (χ1n) is 25.0. The fraction of sp³-hybridized carbons (Fsp3) is 0.827. The van der Waals surface area contributed by atoms with E-state index in [1.165, 1.54) is 154 Å². The molecule has 0 N–H and O–H groups in total. The summed E-state index contributed by atoms with van der Waals surface area (Å²) in [6.45, 7) is 6.59. The molecule has 0 bridgehead atoms. The number of ether oxygens (including phenoxy) is 3. The molecule has 58 heavy (non-hydrogen) atoms. The third-order valence-electron chi connectivity index (χ3n) is 10.9.